The van der Waals surface area contributed by atoms with Crippen LogP contribution in [0.4, 0.5) is 0 Å². The van der Waals surface area contributed by atoms with Crippen molar-refractivity contribution in [1.82, 2.24) is 4.90 Å². The van der Waals surface area contributed by atoms with E-state index in [-0.39, 0.29) is 0 Å². The van der Waals surface area contributed by atoms with Crippen molar-refractivity contribution in [2.24, 2.45) is 0 Å². The van der Waals surface area contributed by atoms with Crippen LogP contribution < -0.4 is 0 Å². The fraction of sp³-hybridized carbons (Fsp3) is 0.778. The zero-order chi connectivity index (χ0) is 9.68. The Morgan fingerprint density at radius 1 is 1.69 bits per heavy atom. The predicted molar refractivity (Wildman–Crippen MR) is 56.3 cm³/mol. The fourth-order valence-corrected chi connectivity index (χ4v) is 1.66. The van der Waals surface area contributed by atoms with Gasteiger partial charge in [0.25, 0.3) is 0 Å². The molecule has 2 nitrogen and oxygen atoms in total. The summed E-state index contributed by atoms with van der Waals surface area (Å²) in [6, 6.07) is 0. The summed E-state index contributed by atoms with van der Waals surface area (Å²) in [7, 11) is 0. The van der Waals surface area contributed by atoms with Gasteiger partial charge in [-0.2, -0.15) is 0 Å². The van der Waals surface area contributed by atoms with E-state index in [9.17, 15) is 0 Å². The molecule has 1 heterocycles. The summed E-state index contributed by atoms with van der Waals surface area (Å²) in [5, 5.41) is 0.693. The molecule has 1 aliphatic heterocycles. The maximum Gasteiger partial charge on any atom is 0.0700 e. The predicted octanol–water partition coefficient (Wildman–Crippen LogP) is 2.42. The Labute approximate surface area is 89.4 Å². The van der Waals surface area contributed by atoms with E-state index in [1.54, 1.807) is 0 Å². The number of halogens is 2. The van der Waals surface area contributed by atoms with Gasteiger partial charge in [-0.25, -0.2) is 0 Å². The normalized spacial score (nSPS) is 26.4. The van der Waals surface area contributed by atoms with Crippen molar-refractivity contribution < 1.29 is 4.74 Å². The highest BCUT2D eigenvalue weighted by molar-refractivity contribution is 6.36. The van der Waals surface area contributed by atoms with Gasteiger partial charge in [0.15, 0.2) is 0 Å². The molecule has 76 valence electrons. The van der Waals surface area contributed by atoms with E-state index in [0.29, 0.717) is 11.1 Å². The molecular formula is C9H15Cl2NO. The van der Waals surface area contributed by atoms with E-state index in [1.165, 1.54) is 5.54 Å². The minimum atomic E-state index is 0.355. The first kappa shape index (κ1) is 11.3. The van der Waals surface area contributed by atoms with Crippen LogP contribution in [0, 0.1) is 0 Å². The van der Waals surface area contributed by atoms with Gasteiger partial charge in [-0.05, 0) is 6.42 Å². The van der Waals surface area contributed by atoms with Gasteiger partial charge in [-0.3, -0.25) is 4.90 Å². The molecule has 0 radical (unpaired) electrons. The molecule has 0 spiro atoms. The smallest absolute Gasteiger partial charge is 0.0700 e. The number of hydrogen-bond donors (Lipinski definition) is 0. The molecule has 1 atom stereocenters. The summed E-state index contributed by atoms with van der Waals surface area (Å²) >= 11 is 11.3. The third kappa shape index (κ3) is 3.86. The van der Waals surface area contributed by atoms with Crippen molar-refractivity contribution in [1.29, 1.82) is 0 Å². The lowest BCUT2D eigenvalue weighted by Gasteiger charge is -2.32. The highest BCUT2D eigenvalue weighted by Crippen LogP contribution is 2.12. The topological polar surface area (TPSA) is 12.5 Å². The largest absolute Gasteiger partial charge is 0.376 e. The average molecular weight is 224 g/mol. The van der Waals surface area contributed by atoms with Gasteiger partial charge >= 0.3 is 0 Å². The van der Waals surface area contributed by atoms with Gasteiger partial charge in [-0.1, -0.05) is 30.1 Å². The van der Waals surface area contributed by atoms with Crippen molar-refractivity contribution in [3.05, 3.63) is 10.6 Å². The van der Waals surface area contributed by atoms with Crippen LogP contribution >= 0.6 is 23.2 Å². The Balaban J connectivity index is 2.34. The van der Waals surface area contributed by atoms with E-state index in [4.69, 9.17) is 27.9 Å². The summed E-state index contributed by atoms with van der Waals surface area (Å²) in [6.45, 7) is 5.57. The van der Waals surface area contributed by atoms with Gasteiger partial charge in [0, 0.05) is 30.2 Å². The molecule has 0 aromatic heterocycles. The fourth-order valence-electron chi connectivity index (χ4n) is 1.42. The van der Waals surface area contributed by atoms with Crippen LogP contribution in [0.3, 0.4) is 0 Å². The van der Waals surface area contributed by atoms with E-state index in [2.05, 4.69) is 11.8 Å². The second-order valence-corrected chi connectivity index (χ2v) is 3.90. The van der Waals surface area contributed by atoms with Gasteiger partial charge in [0.2, 0.25) is 0 Å². The van der Waals surface area contributed by atoms with Crippen molar-refractivity contribution in [2.45, 2.75) is 19.4 Å². The molecular weight excluding hydrogens is 209 g/mol. The lowest BCUT2D eigenvalue weighted by atomic mass is 10.2. The Hall–Kier alpha value is 0.240. The second kappa shape index (κ2) is 5.86. The summed E-state index contributed by atoms with van der Waals surface area (Å²) < 4.78 is 5.54. The lowest BCUT2D eigenvalue weighted by molar-refractivity contribution is -0.0260. The molecule has 4 heteroatoms. The quantitative estimate of drug-likeness (QED) is 0.729. The number of rotatable bonds is 3. The Morgan fingerprint density at radius 3 is 3.08 bits per heavy atom. The first-order valence-electron chi connectivity index (χ1n) is 4.55. The molecule has 0 amide bonds. The van der Waals surface area contributed by atoms with Gasteiger partial charge < -0.3 is 4.74 Å². The van der Waals surface area contributed by atoms with Crippen molar-refractivity contribution >= 4 is 23.2 Å². The number of nitrogens with zero attached hydrogens (tertiary/aromatic N) is 1. The first-order valence-corrected chi connectivity index (χ1v) is 5.36. The molecule has 1 aliphatic rings. The van der Waals surface area contributed by atoms with Gasteiger partial charge in [-0.15, -0.1) is 0 Å². The van der Waals surface area contributed by atoms with E-state index < -0.39 is 0 Å². The average Bonchev–Trinajstić information content (AvgIpc) is 2.18. The summed E-state index contributed by atoms with van der Waals surface area (Å²) in [6.07, 6.45) is 1.41. The summed E-state index contributed by atoms with van der Waals surface area (Å²) in [5.41, 5.74) is 1.43. The van der Waals surface area contributed by atoms with E-state index in [1.807, 2.05) is 0 Å². The van der Waals surface area contributed by atoms with Crippen LogP contribution in [0.1, 0.15) is 13.3 Å². The summed E-state index contributed by atoms with van der Waals surface area (Å²) in [4.78, 5) is 2.26. The molecule has 0 bridgehead atoms. The maximum atomic E-state index is 5.84. The molecule has 1 unspecified atom stereocenters. The molecule has 13 heavy (non-hydrogen) atoms. The van der Waals surface area contributed by atoms with Crippen molar-refractivity contribution in [2.75, 3.05) is 26.2 Å². The first-order chi connectivity index (χ1) is 6.26. The van der Waals surface area contributed by atoms with Crippen LogP contribution in [-0.4, -0.2) is 37.2 Å². The lowest BCUT2D eigenvalue weighted by Crippen LogP contribution is -2.42. The van der Waals surface area contributed by atoms with Crippen LogP contribution in [0.15, 0.2) is 10.6 Å². The van der Waals surface area contributed by atoms with E-state index >= 15 is 0 Å². The number of morpholine rings is 1. The van der Waals surface area contributed by atoms with Crippen LogP contribution in [0.25, 0.3) is 0 Å². The second-order valence-electron chi connectivity index (χ2n) is 3.19. The Bertz CT molecular complexity index is 184. The minimum absolute atomic E-state index is 0.355. The molecule has 0 aromatic carbocycles. The Kier molecular flexibility index (Phi) is 5.10. The van der Waals surface area contributed by atoms with E-state index in [0.717, 1.165) is 32.7 Å². The van der Waals surface area contributed by atoms with Crippen LogP contribution in [0.5, 0.6) is 0 Å². The highest BCUT2D eigenvalue weighted by Gasteiger charge is 2.18. The van der Waals surface area contributed by atoms with Gasteiger partial charge in [0.05, 0.1) is 12.7 Å². The molecule has 0 N–H and O–H groups in total. The maximum absolute atomic E-state index is 5.84. The van der Waals surface area contributed by atoms with Crippen molar-refractivity contribution in [3.8, 4) is 0 Å². The number of ether oxygens (including phenoxy) is 1. The standard InChI is InChI=1S/C9H15Cl2NO/c1-2-9-7-12(3-4-13-9)6-8(11)5-10/h5,9H,2-4,6-7H2,1H3/b8-5-. The highest BCUT2D eigenvalue weighted by atomic mass is 35.5. The molecule has 0 saturated carbocycles. The van der Waals surface area contributed by atoms with Crippen LogP contribution in [-0.2, 0) is 4.74 Å². The molecule has 1 fully saturated rings. The summed E-state index contributed by atoms with van der Waals surface area (Å²) in [5.74, 6) is 0. The van der Waals surface area contributed by atoms with Crippen LogP contribution in [0.2, 0.25) is 0 Å². The Morgan fingerprint density at radius 2 is 2.46 bits per heavy atom. The SMILES string of the molecule is CCC1CN(C/C(Cl)=C/Cl)CCO1. The van der Waals surface area contributed by atoms with Crippen molar-refractivity contribution in [3.63, 3.8) is 0 Å². The third-order valence-corrected chi connectivity index (χ3v) is 2.78. The molecule has 1 saturated heterocycles. The molecule has 1 rings (SSSR count). The molecule has 0 aliphatic carbocycles. The van der Waals surface area contributed by atoms with Gasteiger partial charge in [0.1, 0.15) is 0 Å². The third-order valence-electron chi connectivity index (χ3n) is 2.17. The zero-order valence-electron chi connectivity index (χ0n) is 7.80. The number of hydrogen-bond acceptors (Lipinski definition) is 2. The molecule has 0 aromatic rings. The zero-order valence-corrected chi connectivity index (χ0v) is 9.31. The monoisotopic (exact) mass is 223 g/mol. The minimum Gasteiger partial charge on any atom is -0.376 e.